The van der Waals surface area contributed by atoms with E-state index in [1.54, 1.807) is 0 Å². The molecule has 2 heterocycles. The second-order valence-electron chi connectivity index (χ2n) is 34.1. The molecule has 10 N–H and O–H groups in total. The van der Waals surface area contributed by atoms with Crippen molar-refractivity contribution in [3.05, 3.63) is 24.3 Å². The fourth-order valence-corrected chi connectivity index (χ4v) is 16.5. The quantitative estimate of drug-likeness (QED) is 0.00889. The molecule has 20 atom stereocenters. The number of carbonyl (C=O) groups is 4. The second kappa shape index (κ2) is 68.3. The van der Waals surface area contributed by atoms with E-state index in [4.69, 9.17) is 46.9 Å². The normalized spacial score (nSPS) is 25.7. The molecule has 117 heavy (non-hydrogen) atoms. The Balaban J connectivity index is 1.93. The summed E-state index contributed by atoms with van der Waals surface area (Å²) in [7, 11) is -5.82. The molecule has 20 unspecified atom stereocenters. The van der Waals surface area contributed by atoms with E-state index >= 15 is 0 Å². The lowest BCUT2D eigenvalue weighted by Gasteiger charge is -2.50. The number of allylic oxidation sites excluding steroid dienone is 4. The molecule has 25 nitrogen and oxygen atoms in total. The van der Waals surface area contributed by atoms with Crippen molar-refractivity contribution >= 4 is 31.7 Å². The van der Waals surface area contributed by atoms with Gasteiger partial charge >= 0.3 is 31.7 Å². The molecule has 0 aromatic carbocycles. The van der Waals surface area contributed by atoms with Crippen LogP contribution >= 0.6 is 7.82 Å². The SMILES string of the molecule is CCCCCCCC/C=C\CCCCCC(=O)OC(COC(=O)CCCCCCCCC(C)CCCCCCCC)COP(=O)(O)OC1C(OC2OC(CO)C(O)C(O)C2O)C(O)C(O)C(OC(=O)CCCCC/C=C\CCCCCCCC)C1OC1OC(COC(=O)CCCCCCCCC(C)CCCCCCCC)C(O)C(O)C1O. The highest BCUT2D eigenvalue weighted by molar-refractivity contribution is 7.47. The Labute approximate surface area is 704 Å². The monoisotopic (exact) mass is 1690 g/mol. The Kier molecular flexibility index (Phi) is 63.1. The van der Waals surface area contributed by atoms with Crippen LogP contribution < -0.4 is 0 Å². The maximum absolute atomic E-state index is 14.9. The maximum atomic E-state index is 14.9. The van der Waals surface area contributed by atoms with Crippen LogP contribution in [0.25, 0.3) is 0 Å². The summed E-state index contributed by atoms with van der Waals surface area (Å²) in [5.41, 5.74) is 0. The summed E-state index contributed by atoms with van der Waals surface area (Å²) in [5.74, 6) is -1.63. The lowest BCUT2D eigenvalue weighted by atomic mass is 9.84. The van der Waals surface area contributed by atoms with Gasteiger partial charge in [-0.2, -0.15) is 0 Å². The Hall–Kier alpha value is -3.05. The van der Waals surface area contributed by atoms with Crippen molar-refractivity contribution in [3.8, 4) is 0 Å². The van der Waals surface area contributed by atoms with Crippen molar-refractivity contribution in [3.63, 3.8) is 0 Å². The number of aliphatic hydroxyl groups is 9. The number of hydrogen-bond acceptors (Lipinski definition) is 24. The molecule has 3 rings (SSSR count). The van der Waals surface area contributed by atoms with Crippen LogP contribution in [-0.2, 0) is 70.7 Å². The summed E-state index contributed by atoms with van der Waals surface area (Å²) in [4.78, 5) is 66.5. The van der Waals surface area contributed by atoms with Gasteiger partial charge in [-0.25, -0.2) is 4.57 Å². The predicted octanol–water partition coefficient (Wildman–Crippen LogP) is 17.0. The van der Waals surface area contributed by atoms with Gasteiger partial charge in [-0.05, 0) is 88.9 Å². The van der Waals surface area contributed by atoms with Crippen molar-refractivity contribution in [1.29, 1.82) is 0 Å². The number of carbonyl (C=O) groups excluding carboxylic acids is 4. The Bertz CT molecular complexity index is 2570. The summed E-state index contributed by atoms with van der Waals surface area (Å²) in [5, 5.41) is 102. The molecule has 3 aliphatic rings. The molecular weight excluding hydrogens is 1520 g/mol. The zero-order chi connectivity index (χ0) is 85.7. The molecule has 686 valence electrons. The smallest absolute Gasteiger partial charge is 0.463 e. The molecule has 0 aromatic rings. The molecule has 0 bridgehead atoms. The van der Waals surface area contributed by atoms with Gasteiger partial charge < -0.3 is 88.7 Å². The lowest BCUT2D eigenvalue weighted by molar-refractivity contribution is -0.360. The molecule has 2 saturated heterocycles. The van der Waals surface area contributed by atoms with E-state index in [0.717, 1.165) is 116 Å². The van der Waals surface area contributed by atoms with Crippen LogP contribution in [0.4, 0.5) is 0 Å². The Morgan fingerprint density at radius 3 is 1.11 bits per heavy atom. The van der Waals surface area contributed by atoms with E-state index in [1.165, 1.54) is 161 Å². The summed E-state index contributed by atoms with van der Waals surface area (Å²) in [6.45, 7) is 10.2. The topological polar surface area (TPSA) is 380 Å². The van der Waals surface area contributed by atoms with Gasteiger partial charge in [0, 0.05) is 25.7 Å². The van der Waals surface area contributed by atoms with E-state index in [-0.39, 0.29) is 32.1 Å². The van der Waals surface area contributed by atoms with Crippen LogP contribution in [0.5, 0.6) is 0 Å². The zero-order valence-corrected chi connectivity index (χ0v) is 74.2. The van der Waals surface area contributed by atoms with Crippen LogP contribution in [0.1, 0.15) is 388 Å². The minimum absolute atomic E-state index is 0.0121. The maximum Gasteiger partial charge on any atom is 0.472 e. The van der Waals surface area contributed by atoms with Gasteiger partial charge in [0.15, 0.2) is 24.8 Å². The molecule has 1 aliphatic carbocycles. The fourth-order valence-electron chi connectivity index (χ4n) is 15.6. The van der Waals surface area contributed by atoms with Gasteiger partial charge in [-0.3, -0.25) is 28.2 Å². The van der Waals surface area contributed by atoms with Gasteiger partial charge in [0.1, 0.15) is 92.6 Å². The van der Waals surface area contributed by atoms with Gasteiger partial charge in [0.25, 0.3) is 0 Å². The number of aliphatic hydroxyl groups excluding tert-OH is 9. The standard InChI is InChI=1S/C91H167O25P/c1-7-11-15-19-23-25-27-29-31-33-35-47-55-63-76(95)110-71(66-107-74(93)61-53-45-39-37-43-51-59-69(5)57-49-41-21-17-13-9-3)67-109-117(105,106)116-89-87(114-90-84(103)80(99)78(97)72(65-92)111-90)83(102)82(101)86(113-77(96)64-56-48-36-34-32-30-28-26-24-20-16-12-8-2)88(89)115-91-85(104)81(100)79(98)73(112-91)68-108-75(94)62-54-46-40-38-44-52-60-70(6)58-50-42-22-18-14-10-4/h29-32,69-73,78-92,97-104H,7-28,33-68H2,1-6H3,(H,105,106)/b31-29-,32-30-. The van der Waals surface area contributed by atoms with Gasteiger partial charge in [-0.15, -0.1) is 0 Å². The van der Waals surface area contributed by atoms with Crippen LogP contribution in [0.2, 0.25) is 0 Å². The minimum Gasteiger partial charge on any atom is -0.463 e. The first-order valence-electron chi connectivity index (χ1n) is 46.9. The first-order valence-corrected chi connectivity index (χ1v) is 48.3. The van der Waals surface area contributed by atoms with Gasteiger partial charge in [0.05, 0.1) is 13.2 Å². The third-order valence-corrected chi connectivity index (χ3v) is 24.2. The molecule has 0 spiro atoms. The highest BCUT2D eigenvalue weighted by atomic mass is 31.2. The van der Waals surface area contributed by atoms with Crippen molar-refractivity contribution in [2.45, 2.75) is 492 Å². The van der Waals surface area contributed by atoms with Crippen molar-refractivity contribution in [1.82, 2.24) is 0 Å². The third-order valence-electron chi connectivity index (χ3n) is 23.2. The molecule has 0 aromatic heterocycles. The fraction of sp³-hybridized carbons (Fsp3) is 0.912. The van der Waals surface area contributed by atoms with Gasteiger partial charge in [-0.1, -0.05) is 310 Å². The molecule has 3 fully saturated rings. The first-order chi connectivity index (χ1) is 56.5. The average molecular weight is 1690 g/mol. The molecule has 2 aliphatic heterocycles. The van der Waals surface area contributed by atoms with E-state index in [0.29, 0.717) is 50.4 Å². The third kappa shape index (κ3) is 49.3. The van der Waals surface area contributed by atoms with Crippen LogP contribution in [0.3, 0.4) is 0 Å². The Morgan fingerprint density at radius 2 is 0.692 bits per heavy atom. The highest BCUT2D eigenvalue weighted by Gasteiger charge is 2.60. The summed E-state index contributed by atoms with van der Waals surface area (Å²) < 4.78 is 73.4. The van der Waals surface area contributed by atoms with E-state index in [2.05, 4.69) is 65.8 Å². The molecule has 1 saturated carbocycles. The number of phosphoric acid groups is 1. The van der Waals surface area contributed by atoms with Gasteiger partial charge in [0.2, 0.25) is 0 Å². The minimum atomic E-state index is -5.82. The van der Waals surface area contributed by atoms with Crippen LogP contribution in [0, 0.1) is 11.8 Å². The zero-order valence-electron chi connectivity index (χ0n) is 73.3. The summed E-state index contributed by atoms with van der Waals surface area (Å²) in [6.07, 6.45) is 24.9. The summed E-state index contributed by atoms with van der Waals surface area (Å²) in [6, 6.07) is 0. The highest BCUT2D eigenvalue weighted by Crippen LogP contribution is 2.49. The molecule has 0 radical (unpaired) electrons. The first kappa shape index (κ1) is 108. The number of rotatable bonds is 74. The number of unbranched alkanes of at least 4 members (excludes halogenated alkanes) is 38. The van der Waals surface area contributed by atoms with E-state index < -0.39 is 162 Å². The molecule has 0 amide bonds. The second-order valence-corrected chi connectivity index (χ2v) is 35.5. The van der Waals surface area contributed by atoms with E-state index in [9.17, 15) is 74.6 Å². The lowest BCUT2D eigenvalue weighted by Crippen LogP contribution is -2.70. The van der Waals surface area contributed by atoms with Crippen molar-refractivity contribution in [2.24, 2.45) is 11.8 Å². The van der Waals surface area contributed by atoms with E-state index in [1.807, 2.05) is 0 Å². The summed E-state index contributed by atoms with van der Waals surface area (Å²) >= 11 is 0. The Morgan fingerprint density at radius 1 is 0.359 bits per heavy atom. The number of hydrogen-bond donors (Lipinski definition) is 10. The van der Waals surface area contributed by atoms with Crippen molar-refractivity contribution in [2.75, 3.05) is 26.4 Å². The number of phosphoric ester groups is 1. The average Bonchev–Trinajstić information content (AvgIpc) is 0.754. The molecule has 26 heteroatoms. The molecular formula is C91H167O25P. The van der Waals surface area contributed by atoms with Crippen LogP contribution in [0.15, 0.2) is 24.3 Å². The number of esters is 4. The largest absolute Gasteiger partial charge is 0.472 e. The van der Waals surface area contributed by atoms with Crippen LogP contribution in [-0.4, -0.2) is 205 Å². The van der Waals surface area contributed by atoms with Crippen molar-refractivity contribution < 1.29 is 122 Å². The number of ether oxygens (including phenoxy) is 8. The predicted molar refractivity (Wildman–Crippen MR) is 453 cm³/mol.